The van der Waals surface area contributed by atoms with E-state index in [9.17, 15) is 4.79 Å². The Morgan fingerprint density at radius 2 is 1.89 bits per heavy atom. The molecule has 0 aromatic heterocycles. The van der Waals surface area contributed by atoms with Gasteiger partial charge in [0.1, 0.15) is 13.2 Å². The van der Waals surface area contributed by atoms with E-state index in [0.29, 0.717) is 47.7 Å². The number of ether oxygens (including phenoxy) is 2. The van der Waals surface area contributed by atoms with Gasteiger partial charge in [0, 0.05) is 24.4 Å². The molecule has 1 aromatic carbocycles. The molecule has 0 atom stereocenters. The second kappa shape index (κ2) is 6.87. The monoisotopic (exact) mass is 303 g/mol. The van der Waals surface area contributed by atoms with Crippen LogP contribution in [0.3, 0.4) is 0 Å². The lowest BCUT2D eigenvalue weighted by Gasteiger charge is -2.20. The lowest BCUT2D eigenvalue weighted by atomic mass is 10.2. The molecule has 6 heteroatoms. The fourth-order valence-corrected chi connectivity index (χ4v) is 2.14. The zero-order chi connectivity index (χ0) is 13.7. The molecule has 4 nitrogen and oxygen atoms in total. The number of hydrogen-bond donors (Lipinski definition) is 1. The van der Waals surface area contributed by atoms with Gasteiger partial charge in [0.15, 0.2) is 11.5 Å². The first-order valence-corrected chi connectivity index (χ1v) is 7.07. The first-order valence-electron chi connectivity index (χ1n) is 6.15. The molecular formula is C13H15Cl2NO3. The van der Waals surface area contributed by atoms with E-state index in [-0.39, 0.29) is 5.91 Å². The number of carbonyl (C=O) groups is 1. The van der Waals surface area contributed by atoms with E-state index < -0.39 is 0 Å². The average molecular weight is 304 g/mol. The van der Waals surface area contributed by atoms with E-state index in [4.69, 9.17) is 32.7 Å². The first kappa shape index (κ1) is 14.3. The molecule has 1 aliphatic rings. The largest absolute Gasteiger partial charge is 0.486 e. The van der Waals surface area contributed by atoms with E-state index in [1.165, 1.54) is 0 Å². The predicted molar refractivity (Wildman–Crippen MR) is 75.6 cm³/mol. The van der Waals surface area contributed by atoms with E-state index in [2.05, 4.69) is 5.32 Å². The van der Waals surface area contributed by atoms with Crippen LogP contribution >= 0.6 is 23.2 Å². The Hall–Kier alpha value is -1.13. The van der Waals surface area contributed by atoms with E-state index in [1.54, 1.807) is 12.1 Å². The smallest absolute Gasteiger partial charge is 0.224 e. The molecule has 2 rings (SSSR count). The molecular weight excluding hydrogens is 289 g/mol. The van der Waals surface area contributed by atoms with Crippen LogP contribution in [0.5, 0.6) is 11.5 Å². The fourth-order valence-electron chi connectivity index (χ4n) is 1.75. The van der Waals surface area contributed by atoms with Crippen molar-refractivity contribution >= 4 is 34.8 Å². The van der Waals surface area contributed by atoms with Crippen LogP contribution in [0.4, 0.5) is 5.69 Å². The number of nitrogens with one attached hydrogen (secondary N) is 1. The van der Waals surface area contributed by atoms with Crippen molar-refractivity contribution in [3.8, 4) is 11.5 Å². The van der Waals surface area contributed by atoms with Crippen LogP contribution in [0.2, 0.25) is 5.02 Å². The number of rotatable bonds is 5. The van der Waals surface area contributed by atoms with Gasteiger partial charge in [-0.15, -0.1) is 11.6 Å². The molecule has 0 fully saturated rings. The second-order valence-corrected chi connectivity index (χ2v) is 4.96. The summed E-state index contributed by atoms with van der Waals surface area (Å²) in [5.41, 5.74) is 0.543. The molecule has 0 radical (unpaired) electrons. The number of halogens is 2. The highest BCUT2D eigenvalue weighted by molar-refractivity contribution is 6.34. The fraction of sp³-hybridized carbons (Fsp3) is 0.462. The molecule has 0 bridgehead atoms. The Morgan fingerprint density at radius 1 is 1.21 bits per heavy atom. The molecule has 1 amide bonds. The van der Waals surface area contributed by atoms with Crippen LogP contribution in [0.25, 0.3) is 0 Å². The zero-order valence-electron chi connectivity index (χ0n) is 10.4. The minimum absolute atomic E-state index is 0.0799. The zero-order valence-corrected chi connectivity index (χ0v) is 11.9. The van der Waals surface area contributed by atoms with Gasteiger partial charge < -0.3 is 14.8 Å². The number of carbonyl (C=O) groups excluding carboxylic acids is 1. The third-order valence-electron chi connectivity index (χ3n) is 2.69. The van der Waals surface area contributed by atoms with Gasteiger partial charge in [-0.05, 0) is 12.8 Å². The van der Waals surface area contributed by atoms with E-state index in [0.717, 1.165) is 12.8 Å². The van der Waals surface area contributed by atoms with Crippen LogP contribution < -0.4 is 14.8 Å². The highest BCUT2D eigenvalue weighted by Gasteiger charge is 2.16. The predicted octanol–water partition coefficient (Wildman–Crippen LogP) is 3.46. The Balaban J connectivity index is 2.01. The molecule has 1 aromatic rings. The van der Waals surface area contributed by atoms with Crippen molar-refractivity contribution in [1.29, 1.82) is 0 Å². The van der Waals surface area contributed by atoms with E-state index in [1.807, 2.05) is 0 Å². The van der Waals surface area contributed by atoms with Crippen LogP contribution in [-0.4, -0.2) is 25.0 Å². The topological polar surface area (TPSA) is 47.6 Å². The number of benzene rings is 1. The normalized spacial score (nSPS) is 13.2. The first-order chi connectivity index (χ1) is 9.20. The minimum Gasteiger partial charge on any atom is -0.486 e. The molecule has 1 aliphatic heterocycles. The lowest BCUT2D eigenvalue weighted by molar-refractivity contribution is -0.116. The lowest BCUT2D eigenvalue weighted by Crippen LogP contribution is -2.16. The summed E-state index contributed by atoms with van der Waals surface area (Å²) in [5.74, 6) is 1.70. The Morgan fingerprint density at radius 3 is 2.58 bits per heavy atom. The van der Waals surface area contributed by atoms with Gasteiger partial charge in [-0.25, -0.2) is 0 Å². The van der Waals surface area contributed by atoms with Crippen molar-refractivity contribution < 1.29 is 14.3 Å². The molecule has 0 saturated heterocycles. The number of fused-ring (bicyclic) bond motifs is 1. The van der Waals surface area contributed by atoms with Gasteiger partial charge in [0.05, 0.1) is 10.7 Å². The van der Waals surface area contributed by atoms with Gasteiger partial charge in [0.25, 0.3) is 0 Å². The van der Waals surface area contributed by atoms with Crippen LogP contribution in [0, 0.1) is 0 Å². The summed E-state index contributed by atoms with van der Waals surface area (Å²) in [5, 5.41) is 3.21. The van der Waals surface area contributed by atoms with Crippen molar-refractivity contribution in [1.82, 2.24) is 0 Å². The second-order valence-electron chi connectivity index (χ2n) is 4.17. The number of amides is 1. The summed E-state index contributed by atoms with van der Waals surface area (Å²) >= 11 is 11.7. The summed E-state index contributed by atoms with van der Waals surface area (Å²) in [6.45, 7) is 1.01. The molecule has 0 spiro atoms. The maximum absolute atomic E-state index is 11.7. The van der Waals surface area contributed by atoms with Gasteiger partial charge in [-0.1, -0.05) is 11.6 Å². The molecule has 1 N–H and O–H groups in total. The molecule has 104 valence electrons. The Bertz CT molecular complexity index is 465. The van der Waals surface area contributed by atoms with Crippen molar-refractivity contribution in [3.05, 3.63) is 17.2 Å². The van der Waals surface area contributed by atoms with Crippen LogP contribution in [0.1, 0.15) is 19.3 Å². The highest BCUT2D eigenvalue weighted by Crippen LogP contribution is 2.37. The van der Waals surface area contributed by atoms with Gasteiger partial charge in [-0.2, -0.15) is 0 Å². The molecule has 0 saturated carbocycles. The highest BCUT2D eigenvalue weighted by atomic mass is 35.5. The Labute approximate surface area is 122 Å². The number of alkyl halides is 1. The minimum atomic E-state index is -0.0799. The third kappa shape index (κ3) is 3.91. The van der Waals surface area contributed by atoms with Crippen molar-refractivity contribution in [2.45, 2.75) is 19.3 Å². The van der Waals surface area contributed by atoms with Crippen molar-refractivity contribution in [2.75, 3.05) is 24.4 Å². The quantitative estimate of drug-likeness (QED) is 0.669. The Kier molecular flexibility index (Phi) is 5.16. The van der Waals surface area contributed by atoms with Crippen LogP contribution in [-0.2, 0) is 4.79 Å². The summed E-state index contributed by atoms with van der Waals surface area (Å²) in [4.78, 5) is 11.7. The summed E-state index contributed by atoms with van der Waals surface area (Å²) in [7, 11) is 0. The molecule has 1 heterocycles. The van der Waals surface area contributed by atoms with Gasteiger partial charge in [0.2, 0.25) is 5.91 Å². The summed E-state index contributed by atoms with van der Waals surface area (Å²) in [6.07, 6.45) is 2.01. The average Bonchev–Trinajstić information content (AvgIpc) is 2.40. The maximum atomic E-state index is 11.7. The third-order valence-corrected chi connectivity index (χ3v) is 3.27. The maximum Gasteiger partial charge on any atom is 0.224 e. The number of unbranched alkanes of at least 4 members (excludes halogenated alkanes) is 1. The van der Waals surface area contributed by atoms with Gasteiger partial charge in [-0.3, -0.25) is 4.79 Å². The van der Waals surface area contributed by atoms with Crippen molar-refractivity contribution in [2.24, 2.45) is 0 Å². The van der Waals surface area contributed by atoms with Crippen LogP contribution in [0.15, 0.2) is 12.1 Å². The number of anilines is 1. The standard InChI is InChI=1S/C13H15Cl2NO3/c14-4-2-1-3-13(17)16-10-8-12-11(7-9(10)15)18-5-6-19-12/h7-8H,1-6H2,(H,16,17). The number of hydrogen-bond acceptors (Lipinski definition) is 3. The summed E-state index contributed by atoms with van der Waals surface area (Å²) < 4.78 is 10.9. The SMILES string of the molecule is O=C(CCCCCl)Nc1cc2c(cc1Cl)OCCO2. The summed E-state index contributed by atoms with van der Waals surface area (Å²) in [6, 6.07) is 3.35. The van der Waals surface area contributed by atoms with Crippen molar-refractivity contribution in [3.63, 3.8) is 0 Å². The molecule has 0 unspecified atom stereocenters. The van der Waals surface area contributed by atoms with Gasteiger partial charge >= 0.3 is 0 Å². The molecule has 19 heavy (non-hydrogen) atoms. The molecule has 0 aliphatic carbocycles. The van der Waals surface area contributed by atoms with E-state index >= 15 is 0 Å².